The fourth-order valence-corrected chi connectivity index (χ4v) is 6.54. The summed E-state index contributed by atoms with van der Waals surface area (Å²) in [7, 11) is 0. The summed E-state index contributed by atoms with van der Waals surface area (Å²) in [5, 5.41) is 7.50. The third-order valence-electron chi connectivity index (χ3n) is 9.39. The van der Waals surface area contributed by atoms with Crippen molar-refractivity contribution in [1.82, 2.24) is 24.9 Å². The van der Waals surface area contributed by atoms with Crippen molar-refractivity contribution < 1.29 is 19.1 Å². The van der Waals surface area contributed by atoms with Gasteiger partial charge in [0.2, 0.25) is 11.8 Å². The Balaban J connectivity index is 1.11. The van der Waals surface area contributed by atoms with Crippen LogP contribution in [0.25, 0.3) is 0 Å². The molecule has 3 aliphatic rings. The molecule has 43 heavy (non-hydrogen) atoms. The molecular weight excluding hydrogens is 542 g/mol. The van der Waals surface area contributed by atoms with Crippen molar-refractivity contribution in [2.24, 2.45) is 22.7 Å². The Morgan fingerprint density at radius 2 is 1.58 bits per heavy atom. The summed E-state index contributed by atoms with van der Waals surface area (Å²) < 4.78 is 7.72. The molecule has 0 radical (unpaired) electrons. The molecule has 0 bridgehead atoms. The standard InChI is InChI=1S/C34H41N5O4/c1-24(43-20-26-12-8-5-9-13-26)15-35-30(40)29-19-37(21-34(29)22-38(23-34)32(42)28-14-33(28,2)3)31(41)27-16-36-39(18-27)17-25-10-6-4-7-11-25/h4-13,16,18,24,28-29H,14-15,17,19-23H2,1-3H3,(H,35,40)/t24-,28?,29?/m1/s1. The lowest BCUT2D eigenvalue weighted by Gasteiger charge is -2.50. The quantitative estimate of drug-likeness (QED) is 0.394. The summed E-state index contributed by atoms with van der Waals surface area (Å²) in [6, 6.07) is 19.9. The van der Waals surface area contributed by atoms with Gasteiger partial charge in [0.1, 0.15) is 0 Å². The molecule has 9 heteroatoms. The van der Waals surface area contributed by atoms with E-state index in [-0.39, 0.29) is 35.2 Å². The molecule has 1 aromatic heterocycles. The van der Waals surface area contributed by atoms with E-state index in [0.717, 1.165) is 17.5 Å². The molecular formula is C34H41N5O4. The average molecular weight is 584 g/mol. The Labute approximate surface area is 253 Å². The zero-order chi connectivity index (χ0) is 30.2. The maximum Gasteiger partial charge on any atom is 0.257 e. The van der Waals surface area contributed by atoms with Gasteiger partial charge in [-0.25, -0.2) is 0 Å². The second-order valence-electron chi connectivity index (χ2n) is 13.3. The van der Waals surface area contributed by atoms with Gasteiger partial charge >= 0.3 is 0 Å². The first-order chi connectivity index (χ1) is 20.6. The molecule has 2 saturated heterocycles. The summed E-state index contributed by atoms with van der Waals surface area (Å²) in [5.41, 5.74) is 2.27. The number of rotatable bonds is 10. The number of ether oxygens (including phenoxy) is 1. The van der Waals surface area contributed by atoms with Crippen molar-refractivity contribution in [3.63, 3.8) is 0 Å². The number of nitrogens with zero attached hydrogens (tertiary/aromatic N) is 4. The number of aromatic nitrogens is 2. The van der Waals surface area contributed by atoms with E-state index in [1.807, 2.05) is 72.5 Å². The minimum atomic E-state index is -0.456. The van der Waals surface area contributed by atoms with Gasteiger partial charge < -0.3 is 19.9 Å². The first kappa shape index (κ1) is 29.1. The molecule has 1 aliphatic carbocycles. The molecule has 1 saturated carbocycles. The van der Waals surface area contributed by atoms with E-state index in [1.54, 1.807) is 22.0 Å². The highest BCUT2D eigenvalue weighted by Gasteiger charge is 2.61. The molecule has 3 fully saturated rings. The van der Waals surface area contributed by atoms with Crippen LogP contribution in [-0.4, -0.2) is 76.1 Å². The summed E-state index contributed by atoms with van der Waals surface area (Å²) in [6.07, 6.45) is 4.10. The second kappa shape index (κ2) is 11.6. The number of likely N-dealkylation sites (tertiary alicyclic amines) is 2. The molecule has 2 unspecified atom stereocenters. The number of hydrogen-bond acceptors (Lipinski definition) is 5. The van der Waals surface area contributed by atoms with Gasteiger partial charge in [-0.2, -0.15) is 5.10 Å². The maximum absolute atomic E-state index is 13.7. The van der Waals surface area contributed by atoms with E-state index in [1.165, 1.54) is 0 Å². The van der Waals surface area contributed by atoms with Crippen LogP contribution in [0.5, 0.6) is 0 Å². The van der Waals surface area contributed by atoms with Crippen LogP contribution in [0.3, 0.4) is 0 Å². The third-order valence-corrected chi connectivity index (χ3v) is 9.39. The van der Waals surface area contributed by atoms with E-state index in [0.29, 0.717) is 51.4 Å². The van der Waals surface area contributed by atoms with Crippen molar-refractivity contribution >= 4 is 17.7 Å². The zero-order valence-electron chi connectivity index (χ0n) is 25.2. The van der Waals surface area contributed by atoms with Gasteiger partial charge in [-0.15, -0.1) is 0 Å². The van der Waals surface area contributed by atoms with E-state index in [9.17, 15) is 14.4 Å². The first-order valence-electron chi connectivity index (χ1n) is 15.2. The van der Waals surface area contributed by atoms with Crippen LogP contribution in [0.1, 0.15) is 48.7 Å². The lowest BCUT2D eigenvalue weighted by atomic mass is 9.71. The number of carbonyl (C=O) groups excluding carboxylic acids is 3. The molecule has 9 nitrogen and oxygen atoms in total. The van der Waals surface area contributed by atoms with Crippen LogP contribution in [0.2, 0.25) is 0 Å². The van der Waals surface area contributed by atoms with Gasteiger partial charge in [-0.3, -0.25) is 19.1 Å². The maximum atomic E-state index is 13.7. The predicted molar refractivity (Wildman–Crippen MR) is 162 cm³/mol. The number of amides is 3. The molecule has 1 spiro atoms. The topological polar surface area (TPSA) is 96.8 Å². The third kappa shape index (κ3) is 6.22. The Hall–Kier alpha value is -3.98. The number of benzene rings is 2. The van der Waals surface area contributed by atoms with Crippen molar-refractivity contribution in [3.8, 4) is 0 Å². The summed E-state index contributed by atoms with van der Waals surface area (Å²) in [4.78, 5) is 44.1. The first-order valence-corrected chi connectivity index (χ1v) is 15.2. The van der Waals surface area contributed by atoms with Crippen LogP contribution in [-0.2, 0) is 27.5 Å². The van der Waals surface area contributed by atoms with Crippen molar-refractivity contribution in [3.05, 3.63) is 89.7 Å². The predicted octanol–water partition coefficient (Wildman–Crippen LogP) is 3.60. The highest BCUT2D eigenvalue weighted by atomic mass is 16.5. The molecule has 2 aliphatic heterocycles. The molecule has 3 heterocycles. The van der Waals surface area contributed by atoms with E-state index < -0.39 is 11.3 Å². The lowest BCUT2D eigenvalue weighted by Crippen LogP contribution is -2.64. The number of nitrogens with one attached hydrogen (secondary N) is 1. The summed E-state index contributed by atoms with van der Waals surface area (Å²) >= 11 is 0. The van der Waals surface area contributed by atoms with Gasteiger partial charge in [0.05, 0.1) is 36.9 Å². The Bertz CT molecular complexity index is 1460. The fourth-order valence-electron chi connectivity index (χ4n) is 6.54. The van der Waals surface area contributed by atoms with Gasteiger partial charge in [0, 0.05) is 50.3 Å². The minimum absolute atomic E-state index is 0.0457. The summed E-state index contributed by atoms with van der Waals surface area (Å²) in [5.74, 6) is -0.418. The Morgan fingerprint density at radius 1 is 0.953 bits per heavy atom. The molecule has 6 rings (SSSR count). The Kier molecular flexibility index (Phi) is 7.85. The van der Waals surface area contributed by atoms with Gasteiger partial charge in [0.25, 0.3) is 5.91 Å². The minimum Gasteiger partial charge on any atom is -0.372 e. The molecule has 226 valence electrons. The monoisotopic (exact) mass is 583 g/mol. The van der Waals surface area contributed by atoms with E-state index >= 15 is 0 Å². The van der Waals surface area contributed by atoms with Crippen molar-refractivity contribution in [2.75, 3.05) is 32.7 Å². The number of hydrogen-bond donors (Lipinski definition) is 1. The van der Waals surface area contributed by atoms with Crippen LogP contribution >= 0.6 is 0 Å². The van der Waals surface area contributed by atoms with Gasteiger partial charge in [-0.1, -0.05) is 74.5 Å². The van der Waals surface area contributed by atoms with Crippen LogP contribution in [0.4, 0.5) is 0 Å². The fraction of sp³-hybridized carbons (Fsp3) is 0.471. The zero-order valence-corrected chi connectivity index (χ0v) is 25.2. The molecule has 3 amide bonds. The lowest BCUT2D eigenvalue weighted by molar-refractivity contribution is -0.151. The molecule has 1 N–H and O–H groups in total. The number of carbonyl (C=O) groups is 3. The van der Waals surface area contributed by atoms with Crippen LogP contribution in [0, 0.1) is 22.7 Å². The average Bonchev–Trinajstić information content (AvgIpc) is 3.31. The summed E-state index contributed by atoms with van der Waals surface area (Å²) in [6.45, 7) is 9.33. The highest BCUT2D eigenvalue weighted by molar-refractivity contribution is 5.95. The highest BCUT2D eigenvalue weighted by Crippen LogP contribution is 2.54. The largest absolute Gasteiger partial charge is 0.372 e. The van der Waals surface area contributed by atoms with E-state index in [4.69, 9.17) is 4.74 Å². The smallest absolute Gasteiger partial charge is 0.257 e. The van der Waals surface area contributed by atoms with Crippen LogP contribution < -0.4 is 5.32 Å². The molecule has 3 aromatic rings. The molecule has 2 aromatic carbocycles. The normalized spacial score (nSPS) is 22.2. The van der Waals surface area contributed by atoms with Gasteiger partial charge in [0.15, 0.2) is 0 Å². The Morgan fingerprint density at radius 3 is 2.23 bits per heavy atom. The van der Waals surface area contributed by atoms with Crippen molar-refractivity contribution in [2.45, 2.75) is 46.4 Å². The van der Waals surface area contributed by atoms with Crippen LogP contribution in [0.15, 0.2) is 73.1 Å². The molecule has 3 atom stereocenters. The van der Waals surface area contributed by atoms with E-state index in [2.05, 4.69) is 24.3 Å². The SMILES string of the molecule is C[C@H](CNC(=O)C1CN(C(=O)c2cnn(Cc3ccccc3)c2)CC12CN(C(=O)C1CC1(C)C)C2)OCc1ccccc1. The van der Waals surface area contributed by atoms with Crippen molar-refractivity contribution in [1.29, 1.82) is 0 Å². The second-order valence-corrected chi connectivity index (χ2v) is 13.3. The van der Waals surface area contributed by atoms with Gasteiger partial charge in [-0.05, 0) is 29.9 Å².